The average molecular weight is 209 g/mol. The summed E-state index contributed by atoms with van der Waals surface area (Å²) < 4.78 is 4.41. The number of carbonyl (C=O) groups is 2. The van der Waals surface area contributed by atoms with Crippen molar-refractivity contribution in [3.63, 3.8) is 0 Å². The summed E-state index contributed by atoms with van der Waals surface area (Å²) in [5.74, 6) is -1.09. The van der Waals surface area contributed by atoms with Gasteiger partial charge in [-0.25, -0.2) is 9.59 Å². The summed E-state index contributed by atoms with van der Waals surface area (Å²) >= 11 is 0. The largest absolute Gasteiger partial charge is 0.507 e. The summed E-state index contributed by atoms with van der Waals surface area (Å²) in [5, 5.41) is 11.6. The fourth-order valence-electron chi connectivity index (χ4n) is 0.966. The van der Waals surface area contributed by atoms with E-state index in [1.54, 1.807) is 19.1 Å². The summed E-state index contributed by atoms with van der Waals surface area (Å²) in [4.78, 5) is 22.2. The highest BCUT2D eigenvalue weighted by Gasteiger charge is 2.15. The van der Waals surface area contributed by atoms with Crippen molar-refractivity contribution < 1.29 is 19.4 Å². The molecule has 0 saturated heterocycles. The summed E-state index contributed by atoms with van der Waals surface area (Å²) in [6.07, 6.45) is -0.828. The maximum absolute atomic E-state index is 11.3. The molecule has 0 aromatic heterocycles. The van der Waals surface area contributed by atoms with Gasteiger partial charge in [0.05, 0.1) is 0 Å². The molecule has 1 amide bonds. The first-order chi connectivity index (χ1) is 7.15. The molecule has 0 unspecified atom stereocenters. The van der Waals surface area contributed by atoms with E-state index < -0.39 is 12.1 Å². The van der Waals surface area contributed by atoms with Gasteiger partial charge in [-0.2, -0.15) is 0 Å². The van der Waals surface area contributed by atoms with E-state index in [4.69, 9.17) is 0 Å². The van der Waals surface area contributed by atoms with E-state index in [1.165, 1.54) is 12.1 Å². The number of para-hydroxylation sites is 1. The molecule has 1 aromatic carbocycles. The molecule has 0 radical (unpaired) electrons. The Labute approximate surface area is 86.7 Å². The smallest absolute Gasteiger partial charge is 0.415 e. The lowest BCUT2D eigenvalue weighted by Gasteiger charge is -2.04. The van der Waals surface area contributed by atoms with E-state index in [0.717, 1.165) is 0 Å². The van der Waals surface area contributed by atoms with E-state index in [9.17, 15) is 14.7 Å². The molecule has 2 N–H and O–H groups in total. The second-order valence-corrected chi connectivity index (χ2v) is 2.72. The second kappa shape index (κ2) is 4.99. The van der Waals surface area contributed by atoms with E-state index in [-0.39, 0.29) is 11.3 Å². The molecule has 15 heavy (non-hydrogen) atoms. The van der Waals surface area contributed by atoms with Crippen molar-refractivity contribution in [3.8, 4) is 5.75 Å². The van der Waals surface area contributed by atoms with Gasteiger partial charge in [0.15, 0.2) is 0 Å². The number of aromatic hydroxyl groups is 1. The summed E-state index contributed by atoms with van der Waals surface area (Å²) in [6, 6.07) is 5.84. The molecular weight excluding hydrogens is 198 g/mol. The number of alkyl carbamates (subject to hydrolysis) is 1. The van der Waals surface area contributed by atoms with Crippen molar-refractivity contribution in [1.82, 2.24) is 5.32 Å². The fourth-order valence-corrected chi connectivity index (χ4v) is 0.966. The van der Waals surface area contributed by atoms with Crippen molar-refractivity contribution in [2.75, 3.05) is 6.54 Å². The van der Waals surface area contributed by atoms with Crippen molar-refractivity contribution in [2.45, 2.75) is 6.92 Å². The van der Waals surface area contributed by atoms with Crippen LogP contribution in [0.25, 0.3) is 0 Å². The first-order valence-electron chi connectivity index (χ1n) is 4.43. The van der Waals surface area contributed by atoms with Crippen LogP contribution in [0.1, 0.15) is 17.3 Å². The average Bonchev–Trinajstić information content (AvgIpc) is 2.18. The summed E-state index contributed by atoms with van der Waals surface area (Å²) in [6.45, 7) is 2.07. The molecule has 0 spiro atoms. The van der Waals surface area contributed by atoms with Gasteiger partial charge in [-0.1, -0.05) is 12.1 Å². The highest BCUT2D eigenvalue weighted by Crippen LogP contribution is 2.16. The van der Waals surface area contributed by atoms with Gasteiger partial charge >= 0.3 is 12.1 Å². The van der Waals surface area contributed by atoms with Crippen molar-refractivity contribution in [2.24, 2.45) is 0 Å². The Morgan fingerprint density at radius 2 is 2.07 bits per heavy atom. The number of carbonyl (C=O) groups excluding carboxylic acids is 2. The Balaban J connectivity index is 2.70. The molecule has 0 fully saturated rings. The van der Waals surface area contributed by atoms with Gasteiger partial charge in [0.25, 0.3) is 0 Å². The molecule has 0 atom stereocenters. The highest BCUT2D eigenvalue weighted by atomic mass is 16.6. The van der Waals surface area contributed by atoms with Crippen molar-refractivity contribution >= 4 is 12.1 Å². The predicted octanol–water partition coefficient (Wildman–Crippen LogP) is 1.28. The molecule has 0 aliphatic carbocycles. The number of benzene rings is 1. The predicted molar refractivity (Wildman–Crippen MR) is 52.6 cm³/mol. The van der Waals surface area contributed by atoms with Gasteiger partial charge in [0.2, 0.25) is 0 Å². The molecule has 5 heteroatoms. The third kappa shape index (κ3) is 2.98. The number of phenolic OH excluding ortho intramolecular Hbond substituents is 1. The zero-order chi connectivity index (χ0) is 11.3. The number of hydrogen-bond donors (Lipinski definition) is 2. The molecule has 1 rings (SSSR count). The van der Waals surface area contributed by atoms with Crippen LogP contribution in [-0.4, -0.2) is 23.7 Å². The minimum absolute atomic E-state index is 0.0382. The molecule has 0 bridgehead atoms. The van der Waals surface area contributed by atoms with Crippen LogP contribution < -0.4 is 5.32 Å². The Kier molecular flexibility index (Phi) is 3.68. The summed E-state index contributed by atoms with van der Waals surface area (Å²) in [7, 11) is 0. The molecule has 0 aliphatic rings. The van der Waals surface area contributed by atoms with Crippen LogP contribution in [0.4, 0.5) is 4.79 Å². The van der Waals surface area contributed by atoms with E-state index in [2.05, 4.69) is 10.1 Å². The number of nitrogens with one attached hydrogen (secondary N) is 1. The van der Waals surface area contributed by atoms with Crippen LogP contribution in [0.15, 0.2) is 24.3 Å². The minimum Gasteiger partial charge on any atom is -0.507 e. The van der Waals surface area contributed by atoms with Crippen molar-refractivity contribution in [3.05, 3.63) is 29.8 Å². The van der Waals surface area contributed by atoms with Gasteiger partial charge in [0, 0.05) is 6.54 Å². The van der Waals surface area contributed by atoms with Crippen LogP contribution in [0.2, 0.25) is 0 Å². The zero-order valence-electron chi connectivity index (χ0n) is 8.19. The Morgan fingerprint density at radius 1 is 1.40 bits per heavy atom. The maximum atomic E-state index is 11.3. The van der Waals surface area contributed by atoms with E-state index in [1.807, 2.05) is 0 Å². The third-order valence-corrected chi connectivity index (χ3v) is 1.63. The van der Waals surface area contributed by atoms with Gasteiger partial charge < -0.3 is 15.2 Å². The van der Waals surface area contributed by atoms with Crippen LogP contribution in [0.3, 0.4) is 0 Å². The lowest BCUT2D eigenvalue weighted by Crippen LogP contribution is -2.26. The number of rotatable bonds is 2. The number of hydrogen-bond acceptors (Lipinski definition) is 4. The minimum atomic E-state index is -0.876. The van der Waals surface area contributed by atoms with Crippen LogP contribution in [-0.2, 0) is 4.74 Å². The van der Waals surface area contributed by atoms with Crippen LogP contribution >= 0.6 is 0 Å². The number of ether oxygens (including phenoxy) is 1. The number of phenols is 1. The number of esters is 1. The Hall–Kier alpha value is -2.04. The SMILES string of the molecule is CCNC(=O)OC(=O)c1ccccc1O. The van der Waals surface area contributed by atoms with Crippen LogP contribution in [0.5, 0.6) is 5.75 Å². The highest BCUT2D eigenvalue weighted by molar-refractivity contribution is 5.98. The van der Waals surface area contributed by atoms with Crippen LogP contribution in [0, 0.1) is 0 Å². The first-order valence-corrected chi connectivity index (χ1v) is 4.43. The maximum Gasteiger partial charge on any atom is 0.415 e. The number of amides is 1. The van der Waals surface area contributed by atoms with E-state index in [0.29, 0.717) is 6.54 Å². The molecule has 5 nitrogen and oxygen atoms in total. The fraction of sp³-hybridized carbons (Fsp3) is 0.200. The molecule has 0 aliphatic heterocycles. The topological polar surface area (TPSA) is 75.6 Å². The lowest BCUT2D eigenvalue weighted by molar-refractivity contribution is 0.0620. The normalized spacial score (nSPS) is 9.40. The van der Waals surface area contributed by atoms with Gasteiger partial charge in [-0.15, -0.1) is 0 Å². The lowest BCUT2D eigenvalue weighted by atomic mass is 10.2. The molecular formula is C10H11NO4. The first kappa shape index (κ1) is 11.0. The summed E-state index contributed by atoms with van der Waals surface area (Å²) in [5.41, 5.74) is -0.0382. The zero-order valence-corrected chi connectivity index (χ0v) is 8.19. The Morgan fingerprint density at radius 3 is 2.67 bits per heavy atom. The molecule has 1 aromatic rings. The second-order valence-electron chi connectivity index (χ2n) is 2.72. The van der Waals surface area contributed by atoms with Gasteiger partial charge in [-0.05, 0) is 19.1 Å². The van der Waals surface area contributed by atoms with Gasteiger partial charge in [0.1, 0.15) is 11.3 Å². The monoisotopic (exact) mass is 209 g/mol. The van der Waals surface area contributed by atoms with Crippen molar-refractivity contribution in [1.29, 1.82) is 0 Å². The third-order valence-electron chi connectivity index (χ3n) is 1.63. The Bertz CT molecular complexity index is 375. The molecule has 0 saturated carbocycles. The quantitative estimate of drug-likeness (QED) is 0.568. The van der Waals surface area contributed by atoms with E-state index >= 15 is 0 Å². The standard InChI is InChI=1S/C10H11NO4/c1-2-11-10(14)15-9(13)7-5-3-4-6-8(7)12/h3-6,12H,2H2,1H3,(H,11,14). The van der Waals surface area contributed by atoms with Gasteiger partial charge in [-0.3, -0.25) is 0 Å². The molecule has 80 valence electrons. The molecule has 0 heterocycles.